The van der Waals surface area contributed by atoms with Gasteiger partial charge in [0.15, 0.2) is 0 Å². The number of hydrogen-bond donors (Lipinski definition) is 1. The van der Waals surface area contributed by atoms with E-state index in [4.69, 9.17) is 0 Å². The first-order valence-electron chi connectivity index (χ1n) is 8.59. The molecule has 3 atom stereocenters. The van der Waals surface area contributed by atoms with Crippen LogP contribution in [0.2, 0.25) is 0 Å². The molecule has 3 unspecified atom stereocenters. The molecular weight excluding hydrogens is 300 g/mol. The third kappa shape index (κ3) is 1.80. The van der Waals surface area contributed by atoms with Gasteiger partial charge in [0.25, 0.3) is 5.91 Å². The van der Waals surface area contributed by atoms with Gasteiger partial charge in [-0.2, -0.15) is 0 Å². The zero-order valence-corrected chi connectivity index (χ0v) is 13.6. The molecule has 3 aromatic rings. The largest absolute Gasteiger partial charge is 0.391 e. The first kappa shape index (κ1) is 14.1. The number of fused-ring (bicyclic) bond motifs is 5. The van der Waals surface area contributed by atoms with Gasteiger partial charge in [0.05, 0.1) is 12.1 Å². The number of hydrogen-bond acceptors (Lipinski definition) is 2. The molecule has 2 heterocycles. The summed E-state index contributed by atoms with van der Waals surface area (Å²) in [6.45, 7) is 0.786. The Hall–Kier alpha value is -2.33. The molecule has 4 nitrogen and oxygen atoms in total. The van der Waals surface area contributed by atoms with Crippen LogP contribution in [0.25, 0.3) is 21.8 Å². The Kier molecular flexibility index (Phi) is 2.83. The molecular formula is C20H20N2O2. The molecule has 122 valence electrons. The Morgan fingerprint density at radius 3 is 2.67 bits per heavy atom. The van der Waals surface area contributed by atoms with Crippen LogP contribution in [-0.2, 0) is 7.05 Å². The van der Waals surface area contributed by atoms with Crippen molar-refractivity contribution in [2.45, 2.75) is 25.0 Å². The number of carbonyl (C=O) groups excluding carboxylic acids is 1. The van der Waals surface area contributed by atoms with Crippen molar-refractivity contribution >= 4 is 27.7 Å². The zero-order chi connectivity index (χ0) is 16.4. The van der Waals surface area contributed by atoms with Crippen LogP contribution in [0.3, 0.4) is 0 Å². The number of aromatic nitrogens is 1. The van der Waals surface area contributed by atoms with Crippen molar-refractivity contribution in [2.24, 2.45) is 13.0 Å². The predicted molar refractivity (Wildman–Crippen MR) is 94.0 cm³/mol. The third-order valence-electron chi connectivity index (χ3n) is 5.87. The second kappa shape index (κ2) is 4.84. The van der Waals surface area contributed by atoms with Crippen molar-refractivity contribution in [1.82, 2.24) is 9.47 Å². The molecule has 1 aliphatic heterocycles. The molecule has 1 saturated carbocycles. The second-order valence-electron chi connectivity index (χ2n) is 7.24. The Balaban J connectivity index is 1.60. The molecule has 2 aliphatic rings. The lowest BCUT2D eigenvalue weighted by Gasteiger charge is -2.30. The highest BCUT2D eigenvalue weighted by atomic mass is 16.3. The first-order valence-corrected chi connectivity index (χ1v) is 8.59. The number of likely N-dealkylation sites (tertiary alicyclic amines) is 1. The molecule has 2 bridgehead atoms. The van der Waals surface area contributed by atoms with Crippen LogP contribution in [0.4, 0.5) is 0 Å². The Labute approximate surface area is 140 Å². The van der Waals surface area contributed by atoms with Crippen molar-refractivity contribution < 1.29 is 9.90 Å². The highest BCUT2D eigenvalue weighted by molar-refractivity contribution is 6.10. The summed E-state index contributed by atoms with van der Waals surface area (Å²) in [6, 6.07) is 14.3. The van der Waals surface area contributed by atoms with Crippen molar-refractivity contribution in [3.8, 4) is 0 Å². The number of nitrogens with zero attached hydrogens (tertiary/aromatic N) is 2. The molecule has 2 aromatic carbocycles. The van der Waals surface area contributed by atoms with Gasteiger partial charge in [0.2, 0.25) is 0 Å². The summed E-state index contributed by atoms with van der Waals surface area (Å²) in [7, 11) is 2.06. The average Bonchev–Trinajstić information content (AvgIpc) is 3.26. The van der Waals surface area contributed by atoms with Gasteiger partial charge in [-0.1, -0.05) is 18.2 Å². The molecule has 1 saturated heterocycles. The normalized spacial score (nSPS) is 25.9. The fourth-order valence-electron chi connectivity index (χ4n) is 4.69. The van der Waals surface area contributed by atoms with Crippen molar-refractivity contribution in [3.63, 3.8) is 0 Å². The van der Waals surface area contributed by atoms with E-state index in [1.165, 1.54) is 10.9 Å². The molecule has 2 fully saturated rings. The molecule has 1 N–H and O–H groups in total. The monoisotopic (exact) mass is 320 g/mol. The maximum Gasteiger partial charge on any atom is 0.254 e. The summed E-state index contributed by atoms with van der Waals surface area (Å²) in [6.07, 6.45) is 1.44. The van der Waals surface area contributed by atoms with E-state index in [0.29, 0.717) is 5.92 Å². The lowest BCUT2D eigenvalue weighted by atomic mass is 10.0. The maximum atomic E-state index is 13.0. The van der Waals surface area contributed by atoms with E-state index >= 15 is 0 Å². The maximum absolute atomic E-state index is 13.0. The number of aryl methyl sites for hydroxylation is 1. The molecule has 24 heavy (non-hydrogen) atoms. The van der Waals surface area contributed by atoms with E-state index in [2.05, 4.69) is 23.7 Å². The number of aliphatic hydroxyl groups is 1. The van der Waals surface area contributed by atoms with E-state index in [1.54, 1.807) is 0 Å². The summed E-state index contributed by atoms with van der Waals surface area (Å²) in [5, 5.41) is 12.4. The number of amides is 1. The van der Waals surface area contributed by atoms with Crippen molar-refractivity contribution in [3.05, 3.63) is 48.0 Å². The molecule has 4 heteroatoms. The van der Waals surface area contributed by atoms with Crippen LogP contribution < -0.4 is 0 Å². The van der Waals surface area contributed by atoms with Gasteiger partial charge in [-0.05, 0) is 43.0 Å². The SMILES string of the molecule is Cn1c2ccccc2c2cc(C(=O)N3CC4CC(O)C3C4)ccc21. The van der Waals surface area contributed by atoms with E-state index in [0.717, 1.165) is 35.9 Å². The van der Waals surface area contributed by atoms with Crippen molar-refractivity contribution in [2.75, 3.05) is 6.54 Å². The van der Waals surface area contributed by atoms with Gasteiger partial charge < -0.3 is 14.6 Å². The highest BCUT2D eigenvalue weighted by Gasteiger charge is 2.46. The summed E-state index contributed by atoms with van der Waals surface area (Å²) in [4.78, 5) is 14.9. The quantitative estimate of drug-likeness (QED) is 0.749. The third-order valence-corrected chi connectivity index (χ3v) is 5.87. The van der Waals surface area contributed by atoms with Gasteiger partial charge >= 0.3 is 0 Å². The van der Waals surface area contributed by atoms with Crippen LogP contribution in [0.15, 0.2) is 42.5 Å². The standard InChI is InChI=1S/C20H20N2O2/c1-21-16-5-3-2-4-14(16)15-10-13(6-7-17(15)21)20(24)22-11-12-8-18(22)19(23)9-12/h2-7,10,12,18-19,23H,8-9,11H2,1H3. The molecule has 1 amide bonds. The predicted octanol–water partition coefficient (Wildman–Crippen LogP) is 2.93. The summed E-state index contributed by atoms with van der Waals surface area (Å²) in [5.41, 5.74) is 3.03. The number of carbonyl (C=O) groups is 1. The number of rotatable bonds is 1. The van der Waals surface area contributed by atoms with Crippen LogP contribution in [0, 0.1) is 5.92 Å². The molecule has 0 radical (unpaired) electrons. The topological polar surface area (TPSA) is 45.5 Å². The van der Waals surface area contributed by atoms with Crippen LogP contribution >= 0.6 is 0 Å². The fraction of sp³-hybridized carbons (Fsp3) is 0.350. The molecule has 0 spiro atoms. The summed E-state index contributed by atoms with van der Waals surface area (Å²) >= 11 is 0. The second-order valence-corrected chi connectivity index (χ2v) is 7.24. The number of piperidine rings is 1. The van der Waals surface area contributed by atoms with Gasteiger partial charge in [0, 0.05) is 41.0 Å². The molecule has 5 rings (SSSR count). The van der Waals surface area contributed by atoms with Gasteiger partial charge in [-0.25, -0.2) is 0 Å². The number of para-hydroxylation sites is 1. The van der Waals surface area contributed by atoms with E-state index < -0.39 is 0 Å². The van der Waals surface area contributed by atoms with Crippen LogP contribution in [0.1, 0.15) is 23.2 Å². The minimum Gasteiger partial charge on any atom is -0.391 e. The minimum atomic E-state index is -0.353. The van der Waals surface area contributed by atoms with Crippen LogP contribution in [-0.4, -0.2) is 39.2 Å². The number of aliphatic hydroxyl groups excluding tert-OH is 1. The lowest BCUT2D eigenvalue weighted by molar-refractivity contribution is 0.0403. The Morgan fingerprint density at radius 2 is 1.88 bits per heavy atom. The van der Waals surface area contributed by atoms with E-state index in [1.807, 2.05) is 35.2 Å². The van der Waals surface area contributed by atoms with Gasteiger partial charge in [-0.3, -0.25) is 4.79 Å². The van der Waals surface area contributed by atoms with E-state index in [-0.39, 0.29) is 18.1 Å². The molecule has 1 aromatic heterocycles. The number of benzene rings is 2. The Morgan fingerprint density at radius 1 is 1.08 bits per heavy atom. The zero-order valence-electron chi connectivity index (χ0n) is 13.6. The van der Waals surface area contributed by atoms with Crippen LogP contribution in [0.5, 0.6) is 0 Å². The summed E-state index contributed by atoms with van der Waals surface area (Å²) in [5.74, 6) is 0.520. The lowest BCUT2D eigenvalue weighted by Crippen LogP contribution is -2.44. The fourth-order valence-corrected chi connectivity index (χ4v) is 4.69. The van der Waals surface area contributed by atoms with Crippen molar-refractivity contribution in [1.29, 1.82) is 0 Å². The minimum absolute atomic E-state index is 0.00529. The average molecular weight is 320 g/mol. The highest BCUT2D eigenvalue weighted by Crippen LogP contribution is 2.39. The summed E-state index contributed by atoms with van der Waals surface area (Å²) < 4.78 is 2.17. The molecule has 1 aliphatic carbocycles. The van der Waals surface area contributed by atoms with E-state index in [9.17, 15) is 9.90 Å². The first-order chi connectivity index (χ1) is 11.6. The smallest absolute Gasteiger partial charge is 0.254 e. The van der Waals surface area contributed by atoms with Gasteiger partial charge in [0.1, 0.15) is 0 Å². The van der Waals surface area contributed by atoms with Gasteiger partial charge in [-0.15, -0.1) is 0 Å². The Bertz CT molecular complexity index is 974.